The number of rotatable bonds is 7. The molecule has 2 aromatic carbocycles. The smallest absolute Gasteiger partial charge is 0.242 e. The van der Waals surface area contributed by atoms with Gasteiger partial charge in [-0.2, -0.15) is 0 Å². The van der Waals surface area contributed by atoms with E-state index in [1.807, 2.05) is 24.3 Å². The van der Waals surface area contributed by atoms with E-state index >= 15 is 0 Å². The second kappa shape index (κ2) is 8.51. The van der Waals surface area contributed by atoms with Crippen LogP contribution in [0.3, 0.4) is 0 Å². The van der Waals surface area contributed by atoms with Gasteiger partial charge in [0.2, 0.25) is 18.6 Å². The number of hydrogen-bond acceptors (Lipinski definition) is 4. The Balaban J connectivity index is 1.30. The summed E-state index contributed by atoms with van der Waals surface area (Å²) >= 11 is 0. The van der Waals surface area contributed by atoms with E-state index in [9.17, 15) is 14.0 Å². The molecule has 1 unspecified atom stereocenters. The quantitative estimate of drug-likeness (QED) is 0.729. The van der Waals surface area contributed by atoms with E-state index in [0.717, 1.165) is 11.1 Å². The molecule has 29 heavy (non-hydrogen) atoms. The second-order valence-electron chi connectivity index (χ2n) is 7.29. The Morgan fingerprint density at radius 1 is 1.14 bits per heavy atom. The van der Waals surface area contributed by atoms with Crippen LogP contribution in [0, 0.1) is 5.82 Å². The summed E-state index contributed by atoms with van der Waals surface area (Å²) in [5.74, 6) is 0.926. The minimum absolute atomic E-state index is 0.0254. The number of ether oxygens (including phenoxy) is 2. The maximum atomic E-state index is 13.2. The van der Waals surface area contributed by atoms with E-state index in [0.29, 0.717) is 50.3 Å². The van der Waals surface area contributed by atoms with Crippen molar-refractivity contribution in [3.63, 3.8) is 0 Å². The van der Waals surface area contributed by atoms with Crippen LogP contribution in [0.4, 0.5) is 4.39 Å². The number of hydrogen-bond donors (Lipinski definition) is 1. The topological polar surface area (TPSA) is 67.9 Å². The molecule has 0 aliphatic carbocycles. The van der Waals surface area contributed by atoms with Crippen LogP contribution in [0.2, 0.25) is 0 Å². The Kier molecular flexibility index (Phi) is 5.64. The summed E-state index contributed by atoms with van der Waals surface area (Å²) in [6.45, 7) is 1.04. The second-order valence-corrected chi connectivity index (χ2v) is 7.29. The number of amides is 2. The lowest BCUT2D eigenvalue weighted by atomic mass is 10.1. The first-order valence-electron chi connectivity index (χ1n) is 9.80. The fraction of sp³-hybridized carbons (Fsp3) is 0.364. The monoisotopic (exact) mass is 398 g/mol. The molecule has 1 fully saturated rings. The molecule has 0 saturated carbocycles. The molecule has 6 nitrogen and oxygen atoms in total. The summed E-state index contributed by atoms with van der Waals surface area (Å²) in [6.07, 6.45) is 2.27. The average molecular weight is 398 g/mol. The summed E-state index contributed by atoms with van der Waals surface area (Å²) < 4.78 is 23.9. The van der Waals surface area contributed by atoms with Gasteiger partial charge in [-0.05, 0) is 54.7 Å². The van der Waals surface area contributed by atoms with Gasteiger partial charge in [-0.1, -0.05) is 18.2 Å². The Labute approximate surface area is 168 Å². The zero-order valence-corrected chi connectivity index (χ0v) is 16.0. The van der Waals surface area contributed by atoms with Crippen molar-refractivity contribution in [2.24, 2.45) is 0 Å². The summed E-state index contributed by atoms with van der Waals surface area (Å²) in [5, 5.41) is 2.92. The van der Waals surface area contributed by atoms with E-state index in [-0.39, 0.29) is 24.4 Å². The van der Waals surface area contributed by atoms with Crippen LogP contribution >= 0.6 is 0 Å². The number of nitrogens with one attached hydrogen (secondary N) is 1. The molecular weight excluding hydrogens is 375 g/mol. The molecule has 0 spiro atoms. The van der Waals surface area contributed by atoms with Crippen molar-refractivity contribution in [2.45, 2.75) is 38.3 Å². The third kappa shape index (κ3) is 4.50. The van der Waals surface area contributed by atoms with Gasteiger partial charge in [0.05, 0.1) is 0 Å². The number of carbonyl (C=O) groups is 2. The third-order valence-corrected chi connectivity index (χ3v) is 5.25. The molecule has 4 rings (SSSR count). The zero-order valence-electron chi connectivity index (χ0n) is 16.0. The normalized spacial score (nSPS) is 17.6. The number of likely N-dealkylation sites (tertiary alicyclic amines) is 1. The predicted molar refractivity (Wildman–Crippen MR) is 104 cm³/mol. The fourth-order valence-electron chi connectivity index (χ4n) is 3.75. The number of carbonyl (C=O) groups excluding carboxylic acids is 2. The highest BCUT2D eigenvalue weighted by Gasteiger charge is 2.35. The van der Waals surface area contributed by atoms with Crippen molar-refractivity contribution in [3.8, 4) is 11.5 Å². The third-order valence-electron chi connectivity index (χ3n) is 5.25. The van der Waals surface area contributed by atoms with Crippen LogP contribution in [0.1, 0.15) is 30.4 Å². The molecule has 2 amide bonds. The van der Waals surface area contributed by atoms with Gasteiger partial charge in [0.25, 0.3) is 0 Å². The van der Waals surface area contributed by atoms with Gasteiger partial charge in [-0.3, -0.25) is 9.59 Å². The minimum Gasteiger partial charge on any atom is -0.454 e. The first-order chi connectivity index (χ1) is 14.1. The highest BCUT2D eigenvalue weighted by atomic mass is 19.1. The molecule has 1 N–H and O–H groups in total. The molecule has 1 atom stereocenters. The van der Waals surface area contributed by atoms with Crippen LogP contribution in [0.25, 0.3) is 0 Å². The van der Waals surface area contributed by atoms with Crippen LogP contribution in [-0.2, 0) is 22.6 Å². The highest BCUT2D eigenvalue weighted by molar-refractivity contribution is 5.90. The van der Waals surface area contributed by atoms with Crippen LogP contribution in [0.5, 0.6) is 11.5 Å². The number of nitrogens with zero attached hydrogens (tertiary/aromatic N) is 1. The summed E-state index contributed by atoms with van der Waals surface area (Å²) in [6, 6.07) is 11.5. The van der Waals surface area contributed by atoms with E-state index in [1.54, 1.807) is 11.0 Å². The minimum atomic E-state index is -0.470. The molecule has 0 aromatic heterocycles. The van der Waals surface area contributed by atoms with E-state index in [4.69, 9.17) is 9.47 Å². The Hall–Kier alpha value is -3.09. The average Bonchev–Trinajstić information content (AvgIpc) is 3.32. The number of fused-ring (bicyclic) bond motifs is 1. The summed E-state index contributed by atoms with van der Waals surface area (Å²) in [7, 11) is 0. The van der Waals surface area contributed by atoms with Crippen molar-refractivity contribution in [3.05, 3.63) is 59.4 Å². The highest BCUT2D eigenvalue weighted by Crippen LogP contribution is 2.33. The summed E-state index contributed by atoms with van der Waals surface area (Å²) in [5.41, 5.74) is 1.80. The number of benzene rings is 2. The van der Waals surface area contributed by atoms with Gasteiger partial charge in [0, 0.05) is 19.5 Å². The van der Waals surface area contributed by atoms with Crippen LogP contribution < -0.4 is 14.8 Å². The Bertz CT molecular complexity index is 917. The lowest BCUT2D eigenvalue weighted by Crippen LogP contribution is -2.44. The maximum absolute atomic E-state index is 13.2. The van der Waals surface area contributed by atoms with Gasteiger partial charge in [-0.25, -0.2) is 4.39 Å². The fourth-order valence-corrected chi connectivity index (χ4v) is 3.75. The largest absolute Gasteiger partial charge is 0.454 e. The number of aryl methyl sites for hydroxylation is 1. The maximum Gasteiger partial charge on any atom is 0.242 e. The van der Waals surface area contributed by atoms with Crippen molar-refractivity contribution < 1.29 is 23.5 Å². The van der Waals surface area contributed by atoms with Gasteiger partial charge < -0.3 is 19.7 Å². The molecule has 0 radical (unpaired) electrons. The standard InChI is InChI=1S/C22H23FN2O4/c23-17-5-1-3-15(11-17)4-2-10-24-22(27)18-7-9-21(26)25(18)13-16-6-8-19-20(12-16)29-14-28-19/h1,3,5-6,8,11-12,18H,2,4,7,9-10,13-14H2,(H,24,27). The molecule has 1 saturated heterocycles. The lowest BCUT2D eigenvalue weighted by Gasteiger charge is -2.24. The molecule has 2 aliphatic rings. The molecule has 7 heteroatoms. The first-order valence-corrected chi connectivity index (χ1v) is 9.80. The lowest BCUT2D eigenvalue weighted by molar-refractivity contribution is -0.135. The summed E-state index contributed by atoms with van der Waals surface area (Å²) in [4.78, 5) is 26.6. The molecule has 0 bridgehead atoms. The number of halogens is 1. The van der Waals surface area contributed by atoms with Gasteiger partial charge >= 0.3 is 0 Å². The zero-order chi connectivity index (χ0) is 20.2. The van der Waals surface area contributed by atoms with Crippen molar-refractivity contribution >= 4 is 11.8 Å². The van der Waals surface area contributed by atoms with Crippen molar-refractivity contribution in [1.29, 1.82) is 0 Å². The molecular formula is C22H23FN2O4. The van der Waals surface area contributed by atoms with E-state index in [2.05, 4.69) is 5.32 Å². The van der Waals surface area contributed by atoms with Gasteiger partial charge in [0.1, 0.15) is 11.9 Å². The SMILES string of the molecule is O=C(NCCCc1cccc(F)c1)C1CCC(=O)N1Cc1ccc2c(c1)OCO2. The molecule has 2 aromatic rings. The first kappa shape index (κ1) is 19.2. The van der Waals surface area contributed by atoms with Crippen molar-refractivity contribution in [1.82, 2.24) is 10.2 Å². The predicted octanol–water partition coefficient (Wildman–Crippen LogP) is 2.79. The Morgan fingerprint density at radius 2 is 2.00 bits per heavy atom. The molecule has 2 aliphatic heterocycles. The Morgan fingerprint density at radius 3 is 2.86 bits per heavy atom. The molecule has 2 heterocycles. The van der Waals surface area contributed by atoms with Gasteiger partial charge in [-0.15, -0.1) is 0 Å². The van der Waals surface area contributed by atoms with Crippen LogP contribution in [0.15, 0.2) is 42.5 Å². The van der Waals surface area contributed by atoms with Crippen molar-refractivity contribution in [2.75, 3.05) is 13.3 Å². The van der Waals surface area contributed by atoms with Crippen LogP contribution in [-0.4, -0.2) is 36.1 Å². The van der Waals surface area contributed by atoms with E-state index in [1.165, 1.54) is 12.1 Å². The van der Waals surface area contributed by atoms with E-state index < -0.39 is 6.04 Å². The molecule has 152 valence electrons. The van der Waals surface area contributed by atoms with Gasteiger partial charge in [0.15, 0.2) is 11.5 Å².